The fourth-order valence-electron chi connectivity index (χ4n) is 7.98. The maximum Gasteiger partial charge on any atom is 0.310 e. The second kappa shape index (κ2) is 11.7. The average Bonchev–Trinajstić information content (AvgIpc) is 3.45. The van der Waals surface area contributed by atoms with Crippen LogP contribution in [0.25, 0.3) is 0 Å². The predicted molar refractivity (Wildman–Crippen MR) is 136 cm³/mol. The molecule has 2 saturated carbocycles. The Bertz CT molecular complexity index is 974. The fourth-order valence-corrected chi connectivity index (χ4v) is 7.98. The van der Waals surface area contributed by atoms with Crippen molar-refractivity contribution in [1.29, 1.82) is 0 Å². The Hall–Kier alpha value is -1.05. The van der Waals surface area contributed by atoms with E-state index in [1.54, 1.807) is 13.8 Å². The van der Waals surface area contributed by atoms with Crippen LogP contribution in [0.3, 0.4) is 0 Å². The molecule has 0 amide bonds. The van der Waals surface area contributed by atoms with Crippen molar-refractivity contribution in [3.63, 3.8) is 0 Å². The molecule has 0 aromatic heterocycles. The molecule has 10 unspecified atom stereocenters. The van der Waals surface area contributed by atoms with E-state index in [9.17, 15) is 50.8 Å². The van der Waals surface area contributed by atoms with E-state index < -0.39 is 116 Å². The Kier molecular flexibility index (Phi) is 9.02. The van der Waals surface area contributed by atoms with Gasteiger partial charge in [-0.15, -0.1) is 0 Å². The lowest BCUT2D eigenvalue weighted by atomic mass is 9.54. The number of esters is 1. The second-order valence-corrected chi connectivity index (χ2v) is 13.1. The molecule has 0 radical (unpaired) electrons. The molecule has 15 nitrogen and oxygen atoms in total. The van der Waals surface area contributed by atoms with Gasteiger partial charge >= 0.3 is 5.97 Å². The highest BCUT2D eigenvalue weighted by Gasteiger charge is 2.70. The Morgan fingerprint density at radius 1 is 0.881 bits per heavy atom. The van der Waals surface area contributed by atoms with Gasteiger partial charge < -0.3 is 69.6 Å². The number of ether oxygens (including phenoxy) is 5. The summed E-state index contributed by atoms with van der Waals surface area (Å²) in [5.41, 5.74) is -2.11. The largest absolute Gasteiger partial charge is 0.459 e. The highest BCUT2D eigenvalue weighted by molar-refractivity contribution is 5.77. The zero-order valence-electron chi connectivity index (χ0n) is 23.7. The third kappa shape index (κ3) is 5.09. The van der Waals surface area contributed by atoms with Crippen LogP contribution in [0, 0.1) is 29.1 Å². The topological polar surface area (TPSA) is 245 Å². The molecular formula is C27H44O15. The van der Waals surface area contributed by atoms with Crippen molar-refractivity contribution in [3.05, 3.63) is 0 Å². The third-order valence-corrected chi connectivity index (χ3v) is 10.4. The van der Waals surface area contributed by atoms with Crippen molar-refractivity contribution in [2.24, 2.45) is 29.1 Å². The Balaban J connectivity index is 1.34. The number of hydrogen-bond donors (Lipinski definition) is 9. The molecule has 3 heterocycles. The van der Waals surface area contributed by atoms with E-state index in [1.165, 1.54) is 0 Å². The SMILES string of the molecule is CC(C)(O)[C@@H]1[C@H]2OC(=O)[C@@H]1[C@@H]1CC[C@H](COC3OC(CO)C(O)C(O)C3OC3OC(CO)C(O)C(O)C3O)[C@]1(C)[C@@H]2O. The van der Waals surface area contributed by atoms with Crippen molar-refractivity contribution >= 4 is 5.97 Å². The van der Waals surface area contributed by atoms with Crippen LogP contribution < -0.4 is 0 Å². The molecule has 42 heavy (non-hydrogen) atoms. The van der Waals surface area contributed by atoms with E-state index in [2.05, 4.69) is 0 Å². The number of carbonyl (C=O) groups excluding carboxylic acids is 1. The molecule has 5 fully saturated rings. The second-order valence-electron chi connectivity index (χ2n) is 13.1. The van der Waals surface area contributed by atoms with Crippen molar-refractivity contribution in [1.82, 2.24) is 0 Å². The van der Waals surface area contributed by atoms with Gasteiger partial charge in [0.2, 0.25) is 0 Å². The van der Waals surface area contributed by atoms with Crippen LogP contribution >= 0.6 is 0 Å². The maximum absolute atomic E-state index is 12.9. The van der Waals surface area contributed by atoms with Gasteiger partial charge in [0.25, 0.3) is 0 Å². The van der Waals surface area contributed by atoms with Gasteiger partial charge in [-0.1, -0.05) is 6.92 Å². The lowest BCUT2D eigenvalue weighted by Crippen LogP contribution is -2.65. The average molecular weight is 609 g/mol. The Labute approximate surface area is 242 Å². The maximum atomic E-state index is 12.9. The first-order chi connectivity index (χ1) is 19.7. The molecule has 242 valence electrons. The normalized spacial score (nSPS) is 52.7. The first kappa shape index (κ1) is 32.3. The van der Waals surface area contributed by atoms with E-state index in [0.29, 0.717) is 12.8 Å². The summed E-state index contributed by atoms with van der Waals surface area (Å²) in [4.78, 5) is 12.9. The molecule has 17 atom stereocenters. The van der Waals surface area contributed by atoms with Crippen LogP contribution in [-0.2, 0) is 28.5 Å². The van der Waals surface area contributed by atoms with E-state index >= 15 is 0 Å². The van der Waals surface area contributed by atoms with Crippen molar-refractivity contribution < 1.29 is 74.4 Å². The van der Waals surface area contributed by atoms with Crippen LogP contribution in [0.15, 0.2) is 0 Å². The number of fused-ring (bicyclic) bond motifs is 4. The molecule has 2 aliphatic carbocycles. The number of aliphatic hydroxyl groups is 9. The molecule has 3 saturated heterocycles. The van der Waals surface area contributed by atoms with Crippen LogP contribution in [0.2, 0.25) is 0 Å². The summed E-state index contributed by atoms with van der Waals surface area (Å²) < 4.78 is 28.5. The standard InChI is InChI=1S/C27H44O15/c1-26(2,37)14-13-10-5-4-9(27(10,3)22(35)20(14)41-23(13)36)8-38-25-21(18(33)16(31)12(7-29)40-25)42-24-19(34)17(32)15(30)11(6-28)39-24/h9-22,24-25,28-35,37H,4-8H2,1-3H3/t9-,10+,11?,12?,13-,14+,15?,16?,17?,18?,19?,20-,21?,22-,24?,25?,27+/m1/s1. The first-order valence-corrected chi connectivity index (χ1v) is 14.5. The van der Waals surface area contributed by atoms with Gasteiger partial charge in [0, 0.05) is 11.3 Å². The molecule has 15 heteroatoms. The van der Waals surface area contributed by atoms with E-state index in [0.717, 1.165) is 0 Å². The Morgan fingerprint density at radius 2 is 1.48 bits per heavy atom. The molecule has 0 spiro atoms. The molecule has 2 bridgehead atoms. The van der Waals surface area contributed by atoms with Crippen molar-refractivity contribution in [3.8, 4) is 0 Å². The summed E-state index contributed by atoms with van der Waals surface area (Å²) >= 11 is 0. The molecular weight excluding hydrogens is 564 g/mol. The first-order valence-electron chi connectivity index (χ1n) is 14.5. The van der Waals surface area contributed by atoms with Gasteiger partial charge in [-0.2, -0.15) is 0 Å². The van der Waals surface area contributed by atoms with Crippen molar-refractivity contribution in [2.45, 2.75) is 113 Å². The summed E-state index contributed by atoms with van der Waals surface area (Å²) in [5.74, 6) is -2.30. The minimum atomic E-state index is -1.80. The summed E-state index contributed by atoms with van der Waals surface area (Å²) in [6, 6.07) is 0. The van der Waals surface area contributed by atoms with Crippen LogP contribution in [0.5, 0.6) is 0 Å². The smallest absolute Gasteiger partial charge is 0.310 e. The van der Waals surface area contributed by atoms with E-state index in [1.807, 2.05) is 6.92 Å². The summed E-state index contributed by atoms with van der Waals surface area (Å²) in [6.45, 7) is 3.59. The van der Waals surface area contributed by atoms with Crippen LogP contribution in [0.4, 0.5) is 0 Å². The summed E-state index contributed by atoms with van der Waals surface area (Å²) in [6.07, 6.45) is -16.6. The molecule has 5 rings (SSSR count). The van der Waals surface area contributed by atoms with Gasteiger partial charge in [0.1, 0.15) is 54.9 Å². The summed E-state index contributed by atoms with van der Waals surface area (Å²) in [7, 11) is 0. The molecule has 0 aromatic carbocycles. The third-order valence-electron chi connectivity index (χ3n) is 10.4. The van der Waals surface area contributed by atoms with E-state index in [4.69, 9.17) is 23.7 Å². The van der Waals surface area contributed by atoms with E-state index in [-0.39, 0.29) is 18.4 Å². The van der Waals surface area contributed by atoms with Gasteiger partial charge in [-0.05, 0) is 38.5 Å². The monoisotopic (exact) mass is 608 g/mol. The predicted octanol–water partition coefficient (Wildman–Crippen LogP) is -4.04. The highest BCUT2D eigenvalue weighted by Crippen LogP contribution is 2.63. The van der Waals surface area contributed by atoms with Gasteiger partial charge in [0.15, 0.2) is 12.6 Å². The lowest BCUT2D eigenvalue weighted by molar-refractivity contribution is -0.368. The molecule has 3 aliphatic heterocycles. The van der Waals surface area contributed by atoms with Crippen LogP contribution in [-0.4, -0.2) is 151 Å². The lowest BCUT2D eigenvalue weighted by Gasteiger charge is -2.51. The minimum absolute atomic E-state index is 0.0644. The number of rotatable bonds is 8. The minimum Gasteiger partial charge on any atom is -0.459 e. The number of hydrogen-bond acceptors (Lipinski definition) is 15. The molecule has 0 aromatic rings. The molecule has 5 aliphatic rings. The summed E-state index contributed by atoms with van der Waals surface area (Å²) in [5, 5.41) is 93.6. The fraction of sp³-hybridized carbons (Fsp3) is 0.963. The van der Waals surface area contributed by atoms with Gasteiger partial charge in [-0.25, -0.2) is 0 Å². The van der Waals surface area contributed by atoms with Gasteiger partial charge in [-0.3, -0.25) is 4.79 Å². The zero-order valence-corrected chi connectivity index (χ0v) is 23.7. The highest BCUT2D eigenvalue weighted by atomic mass is 16.8. The number of carbonyl (C=O) groups is 1. The molecule has 9 N–H and O–H groups in total. The van der Waals surface area contributed by atoms with Gasteiger partial charge in [0.05, 0.1) is 37.4 Å². The number of aliphatic hydroxyl groups excluding tert-OH is 8. The van der Waals surface area contributed by atoms with Crippen LogP contribution in [0.1, 0.15) is 33.6 Å². The van der Waals surface area contributed by atoms with Crippen molar-refractivity contribution in [2.75, 3.05) is 19.8 Å². The zero-order chi connectivity index (χ0) is 30.9. The Morgan fingerprint density at radius 3 is 2.07 bits per heavy atom. The quantitative estimate of drug-likeness (QED) is 0.119.